The van der Waals surface area contributed by atoms with Crippen LogP contribution in [0, 0.1) is 0 Å². The van der Waals surface area contributed by atoms with E-state index in [1.807, 2.05) is 42.5 Å². The van der Waals surface area contributed by atoms with Gasteiger partial charge in [-0.05, 0) is 98.4 Å². The third kappa shape index (κ3) is 7.64. The Morgan fingerprint density at radius 1 is 0.733 bits per heavy atom. The minimum atomic E-state index is -0.146. The second-order valence-corrected chi connectivity index (χ2v) is 11.3. The van der Waals surface area contributed by atoms with Crippen molar-refractivity contribution in [3.05, 3.63) is 106 Å². The fraction of sp³-hybridized carbons (Fsp3) is 0.297. The Morgan fingerprint density at radius 3 is 2.16 bits per heavy atom. The normalized spacial score (nSPS) is 11.2. The van der Waals surface area contributed by atoms with Gasteiger partial charge in [0, 0.05) is 23.0 Å². The molecular weight excluding hydrogens is 566 g/mol. The lowest BCUT2D eigenvalue weighted by Crippen LogP contribution is -2.22. The third-order valence-corrected chi connectivity index (χ3v) is 8.21. The van der Waals surface area contributed by atoms with Crippen LogP contribution >= 0.6 is 0 Å². The lowest BCUT2D eigenvalue weighted by Gasteiger charge is -2.17. The van der Waals surface area contributed by atoms with Gasteiger partial charge in [-0.3, -0.25) is 9.59 Å². The van der Waals surface area contributed by atoms with E-state index in [-0.39, 0.29) is 17.8 Å². The highest BCUT2D eigenvalue weighted by molar-refractivity contribution is 5.99. The molecule has 1 amide bonds. The van der Waals surface area contributed by atoms with Crippen LogP contribution < -0.4 is 25.0 Å². The number of rotatable bonds is 14. The predicted molar refractivity (Wildman–Crippen MR) is 181 cm³/mol. The number of amides is 1. The zero-order valence-corrected chi connectivity index (χ0v) is 26.4. The minimum Gasteiger partial charge on any atom is -0.495 e. The number of nitrogens with one attached hydrogen (secondary N) is 2. The summed E-state index contributed by atoms with van der Waals surface area (Å²) in [6.07, 6.45) is 4.27. The maximum absolute atomic E-state index is 13.2. The van der Waals surface area contributed by atoms with Crippen molar-refractivity contribution in [2.24, 2.45) is 0 Å². The second-order valence-electron chi connectivity index (χ2n) is 11.3. The summed E-state index contributed by atoms with van der Waals surface area (Å²) in [5.74, 6) is 1.96. The van der Waals surface area contributed by atoms with Gasteiger partial charge < -0.3 is 29.4 Å². The van der Waals surface area contributed by atoms with Gasteiger partial charge in [-0.25, -0.2) is 0 Å². The Labute approximate surface area is 263 Å². The first-order valence-corrected chi connectivity index (χ1v) is 15.3. The molecule has 2 N–H and O–H groups in total. The number of benzene rings is 4. The molecule has 4 aromatic carbocycles. The largest absolute Gasteiger partial charge is 0.495 e. The molecule has 0 aliphatic carbocycles. The van der Waals surface area contributed by atoms with Crippen LogP contribution in [-0.2, 0) is 24.1 Å². The number of nitrogens with zero attached hydrogens (tertiary/aromatic N) is 1. The number of H-pyrrole nitrogens is 1. The Morgan fingerprint density at radius 2 is 1.42 bits per heavy atom. The van der Waals surface area contributed by atoms with Crippen molar-refractivity contribution in [1.29, 1.82) is 0 Å². The molecule has 0 fully saturated rings. The van der Waals surface area contributed by atoms with E-state index < -0.39 is 0 Å². The number of unbranched alkanes of at least 4 members (excludes halogenated alkanes) is 1. The van der Waals surface area contributed by atoms with Gasteiger partial charge in [0.25, 0.3) is 0 Å². The highest BCUT2D eigenvalue weighted by Gasteiger charge is 2.14. The van der Waals surface area contributed by atoms with Crippen LogP contribution in [0.4, 0.5) is 5.69 Å². The molecule has 234 valence electrons. The van der Waals surface area contributed by atoms with Crippen LogP contribution in [0.2, 0.25) is 0 Å². The quantitative estimate of drug-likeness (QED) is 0.112. The van der Waals surface area contributed by atoms with Crippen LogP contribution in [0.15, 0.2) is 83.7 Å². The number of likely N-dealkylation sites (N-methyl/N-ethyl adjacent to an activating group) is 1. The number of hydrogen-bond donors (Lipinski definition) is 2. The molecule has 0 radical (unpaired) electrons. The highest BCUT2D eigenvalue weighted by Crippen LogP contribution is 2.28. The van der Waals surface area contributed by atoms with Crippen molar-refractivity contribution in [2.75, 3.05) is 46.8 Å². The van der Waals surface area contributed by atoms with E-state index in [9.17, 15) is 9.59 Å². The topological polar surface area (TPSA) is 92.9 Å². The summed E-state index contributed by atoms with van der Waals surface area (Å²) < 4.78 is 16.2. The number of hydrogen-bond acceptors (Lipinski definition) is 6. The first-order valence-electron chi connectivity index (χ1n) is 15.3. The summed E-state index contributed by atoms with van der Waals surface area (Å²) in [6.45, 7) is 2.01. The SMILES string of the molecule is COc1ccc(CCN(C)CCCCc2ccc(NC(=O)Cc3cccc4c(=O)c5cccc(OC)c5[nH]c34)cc2)cc1OC. The van der Waals surface area contributed by atoms with Gasteiger partial charge in [0.2, 0.25) is 5.91 Å². The number of para-hydroxylation sites is 2. The van der Waals surface area contributed by atoms with Crippen LogP contribution in [0.1, 0.15) is 29.5 Å². The molecule has 1 aromatic heterocycles. The van der Waals surface area contributed by atoms with Crippen molar-refractivity contribution in [2.45, 2.75) is 32.1 Å². The molecule has 0 spiro atoms. The van der Waals surface area contributed by atoms with Crippen LogP contribution in [0.3, 0.4) is 0 Å². The average molecular weight is 608 g/mol. The molecule has 5 rings (SSSR count). The van der Waals surface area contributed by atoms with Crippen LogP contribution in [0.25, 0.3) is 21.8 Å². The van der Waals surface area contributed by atoms with Gasteiger partial charge in [0.05, 0.1) is 38.8 Å². The average Bonchev–Trinajstić information content (AvgIpc) is 3.06. The fourth-order valence-electron chi connectivity index (χ4n) is 5.69. The number of methoxy groups -OCH3 is 3. The molecular formula is C37H41N3O5. The molecule has 1 heterocycles. The van der Waals surface area contributed by atoms with Gasteiger partial charge in [0.1, 0.15) is 5.75 Å². The lowest BCUT2D eigenvalue weighted by molar-refractivity contribution is -0.115. The highest BCUT2D eigenvalue weighted by atomic mass is 16.5. The number of aryl methyl sites for hydroxylation is 1. The summed E-state index contributed by atoms with van der Waals surface area (Å²) in [5, 5.41) is 4.11. The summed E-state index contributed by atoms with van der Waals surface area (Å²) in [6, 6.07) is 25.0. The molecule has 45 heavy (non-hydrogen) atoms. The molecule has 8 nitrogen and oxygen atoms in total. The monoisotopic (exact) mass is 607 g/mol. The van der Waals surface area contributed by atoms with E-state index in [0.29, 0.717) is 27.6 Å². The first kappa shape index (κ1) is 31.6. The summed E-state index contributed by atoms with van der Waals surface area (Å²) >= 11 is 0. The van der Waals surface area contributed by atoms with E-state index in [4.69, 9.17) is 14.2 Å². The second kappa shape index (κ2) is 14.8. The summed E-state index contributed by atoms with van der Waals surface area (Å²) in [5.41, 5.74) is 5.16. The first-order chi connectivity index (χ1) is 21.9. The molecule has 5 aromatic rings. The van der Waals surface area contributed by atoms with Gasteiger partial charge in [-0.2, -0.15) is 0 Å². The Bertz CT molecular complexity index is 1830. The smallest absolute Gasteiger partial charge is 0.228 e. The molecule has 0 bridgehead atoms. The number of ether oxygens (including phenoxy) is 3. The summed E-state index contributed by atoms with van der Waals surface area (Å²) in [7, 11) is 7.05. The lowest BCUT2D eigenvalue weighted by atomic mass is 10.0. The number of aromatic amines is 1. The molecule has 0 atom stereocenters. The van der Waals surface area contributed by atoms with Gasteiger partial charge in [-0.15, -0.1) is 0 Å². The van der Waals surface area contributed by atoms with Gasteiger partial charge in [0.15, 0.2) is 16.9 Å². The zero-order chi connectivity index (χ0) is 31.8. The minimum absolute atomic E-state index is 0.0863. The van der Waals surface area contributed by atoms with E-state index in [0.717, 1.165) is 61.5 Å². The van der Waals surface area contributed by atoms with Gasteiger partial charge >= 0.3 is 0 Å². The van der Waals surface area contributed by atoms with Crippen molar-refractivity contribution in [1.82, 2.24) is 9.88 Å². The van der Waals surface area contributed by atoms with Crippen molar-refractivity contribution in [3.8, 4) is 17.2 Å². The molecule has 0 aliphatic rings. The standard InChI is InChI=1S/C37H41N3O5/c1-40(22-20-26-16-19-31(43-2)33(23-26)45-4)21-6-5-9-25-14-17-28(18-15-25)38-34(41)24-27-10-7-11-29-35(27)39-36-30(37(29)42)12-8-13-32(36)44-3/h7-8,10-19,23H,5-6,9,20-22,24H2,1-4H3,(H,38,41)(H,39,42). The molecule has 0 saturated carbocycles. The maximum Gasteiger partial charge on any atom is 0.228 e. The predicted octanol–water partition coefficient (Wildman–Crippen LogP) is 6.39. The number of aromatic nitrogens is 1. The maximum atomic E-state index is 13.2. The van der Waals surface area contributed by atoms with E-state index >= 15 is 0 Å². The third-order valence-electron chi connectivity index (χ3n) is 8.21. The van der Waals surface area contributed by atoms with E-state index in [2.05, 4.69) is 40.4 Å². The molecule has 8 heteroatoms. The number of pyridine rings is 1. The van der Waals surface area contributed by atoms with E-state index in [1.165, 1.54) is 11.1 Å². The van der Waals surface area contributed by atoms with Crippen LogP contribution in [0.5, 0.6) is 17.2 Å². The number of carbonyl (C=O) groups excluding carboxylic acids is 1. The Kier molecular flexibility index (Phi) is 10.4. The van der Waals surface area contributed by atoms with Crippen molar-refractivity contribution >= 4 is 33.4 Å². The number of anilines is 1. The van der Waals surface area contributed by atoms with Gasteiger partial charge in [-0.1, -0.05) is 36.4 Å². The number of carbonyl (C=O) groups is 1. The summed E-state index contributed by atoms with van der Waals surface area (Å²) in [4.78, 5) is 31.9. The Hall–Kier alpha value is -4.82. The molecule has 0 unspecified atom stereocenters. The van der Waals surface area contributed by atoms with Crippen LogP contribution in [-0.4, -0.2) is 57.3 Å². The van der Waals surface area contributed by atoms with E-state index in [1.54, 1.807) is 39.5 Å². The zero-order valence-electron chi connectivity index (χ0n) is 26.4. The fourth-order valence-corrected chi connectivity index (χ4v) is 5.69. The number of fused-ring (bicyclic) bond motifs is 2. The van der Waals surface area contributed by atoms with Crippen molar-refractivity contribution in [3.63, 3.8) is 0 Å². The molecule has 0 saturated heterocycles. The molecule has 0 aliphatic heterocycles. The van der Waals surface area contributed by atoms with Crippen molar-refractivity contribution < 1.29 is 19.0 Å². The Balaban J connectivity index is 1.10.